The third-order valence-electron chi connectivity index (χ3n) is 6.38. The Morgan fingerprint density at radius 2 is 2.06 bits per heavy atom. The quantitative estimate of drug-likeness (QED) is 0.648. The fourth-order valence-electron chi connectivity index (χ4n) is 4.40. The predicted molar refractivity (Wildman–Crippen MR) is 122 cm³/mol. The molecule has 1 saturated carbocycles. The van der Waals surface area contributed by atoms with Gasteiger partial charge in [-0.1, -0.05) is 26.0 Å². The van der Waals surface area contributed by atoms with Crippen LogP contribution in [0.1, 0.15) is 44.4 Å². The Kier molecular flexibility index (Phi) is 6.94. The van der Waals surface area contributed by atoms with Crippen LogP contribution < -0.4 is 15.4 Å². The lowest BCUT2D eigenvalue weighted by Crippen LogP contribution is -2.55. The largest absolute Gasteiger partial charge is 0.493 e. The van der Waals surface area contributed by atoms with Gasteiger partial charge in [-0.2, -0.15) is 0 Å². The maximum atomic E-state index is 13.3. The van der Waals surface area contributed by atoms with E-state index in [4.69, 9.17) is 4.74 Å². The van der Waals surface area contributed by atoms with Gasteiger partial charge >= 0.3 is 6.03 Å². The van der Waals surface area contributed by atoms with E-state index in [2.05, 4.69) is 29.5 Å². The first-order valence-corrected chi connectivity index (χ1v) is 11.5. The fraction of sp³-hybridized carbons (Fsp3) is 0.520. The van der Waals surface area contributed by atoms with Crippen LogP contribution in [0.15, 0.2) is 42.6 Å². The molecular formula is C25H33FN4O2. The maximum absolute atomic E-state index is 13.3. The molecule has 2 N–H and O–H groups in total. The lowest BCUT2D eigenvalue weighted by atomic mass is 9.88. The third kappa shape index (κ3) is 5.57. The number of rotatable bonds is 8. The van der Waals surface area contributed by atoms with E-state index in [0.29, 0.717) is 31.3 Å². The molecule has 0 radical (unpaired) electrons. The summed E-state index contributed by atoms with van der Waals surface area (Å²) in [7, 11) is 0. The Morgan fingerprint density at radius 1 is 1.28 bits per heavy atom. The summed E-state index contributed by atoms with van der Waals surface area (Å²) in [6.07, 6.45) is 4.38. The summed E-state index contributed by atoms with van der Waals surface area (Å²) < 4.78 is 19.1. The molecule has 6 nitrogen and oxygen atoms in total. The van der Waals surface area contributed by atoms with Crippen molar-refractivity contribution >= 4 is 6.03 Å². The number of amides is 2. The van der Waals surface area contributed by atoms with Crippen molar-refractivity contribution in [1.82, 2.24) is 20.5 Å². The van der Waals surface area contributed by atoms with Crippen LogP contribution in [-0.2, 0) is 13.1 Å². The number of halogens is 1. The molecule has 172 valence electrons. The highest BCUT2D eigenvalue weighted by Gasteiger charge is 2.53. The summed E-state index contributed by atoms with van der Waals surface area (Å²) in [5.41, 5.74) is 1.87. The van der Waals surface area contributed by atoms with Gasteiger partial charge in [-0.15, -0.1) is 0 Å². The van der Waals surface area contributed by atoms with Crippen LogP contribution in [0.5, 0.6) is 5.75 Å². The summed E-state index contributed by atoms with van der Waals surface area (Å²) in [5, 5.41) is 6.56. The van der Waals surface area contributed by atoms with Crippen molar-refractivity contribution < 1.29 is 13.9 Å². The summed E-state index contributed by atoms with van der Waals surface area (Å²) in [6.45, 7) is 7.56. The molecular weight excluding hydrogens is 407 g/mol. The van der Waals surface area contributed by atoms with Gasteiger partial charge in [0.15, 0.2) is 0 Å². The Morgan fingerprint density at radius 3 is 2.72 bits per heavy atom. The monoisotopic (exact) mass is 440 g/mol. The SMILES string of the molecule is CC(C)COc1ccc(CNC(=O)N(Cc2ccc(F)cn2)C2CCNCC23CC3)cc1. The standard InChI is InChI=1S/C25H33FN4O2/c1-18(2)16-32-22-7-3-19(4-8-22)13-29-24(31)30(15-21-6-5-20(26)14-28-21)23-9-12-27-17-25(23)10-11-25/h3-8,14,18,23,27H,9-13,15-17H2,1-2H3,(H,29,31). The topological polar surface area (TPSA) is 66.5 Å². The molecule has 1 aliphatic carbocycles. The first-order valence-electron chi connectivity index (χ1n) is 11.5. The van der Waals surface area contributed by atoms with Crippen LogP contribution in [-0.4, -0.2) is 41.7 Å². The van der Waals surface area contributed by atoms with Gasteiger partial charge < -0.3 is 20.3 Å². The first kappa shape index (κ1) is 22.5. The average Bonchev–Trinajstić information content (AvgIpc) is 3.56. The van der Waals surface area contributed by atoms with Gasteiger partial charge in [-0.3, -0.25) is 4.98 Å². The summed E-state index contributed by atoms with van der Waals surface area (Å²) >= 11 is 0. The third-order valence-corrected chi connectivity index (χ3v) is 6.38. The second kappa shape index (κ2) is 9.86. The Bertz CT molecular complexity index is 897. The highest BCUT2D eigenvalue weighted by atomic mass is 19.1. The maximum Gasteiger partial charge on any atom is 0.318 e. The van der Waals surface area contributed by atoms with Crippen molar-refractivity contribution in [2.75, 3.05) is 19.7 Å². The van der Waals surface area contributed by atoms with Gasteiger partial charge in [0, 0.05) is 24.5 Å². The zero-order chi connectivity index (χ0) is 22.6. The van der Waals surface area contributed by atoms with E-state index in [1.807, 2.05) is 29.2 Å². The van der Waals surface area contributed by atoms with Gasteiger partial charge in [-0.05, 0) is 61.6 Å². The van der Waals surface area contributed by atoms with Crippen molar-refractivity contribution in [2.24, 2.45) is 11.3 Å². The van der Waals surface area contributed by atoms with E-state index in [1.165, 1.54) is 12.3 Å². The number of benzene rings is 1. The van der Waals surface area contributed by atoms with Crippen LogP contribution in [0, 0.1) is 17.2 Å². The number of nitrogens with one attached hydrogen (secondary N) is 2. The summed E-state index contributed by atoms with van der Waals surface area (Å²) in [5.74, 6) is 0.939. The lowest BCUT2D eigenvalue weighted by Gasteiger charge is -2.40. The summed E-state index contributed by atoms with van der Waals surface area (Å²) in [4.78, 5) is 19.4. The minimum atomic E-state index is -0.369. The smallest absolute Gasteiger partial charge is 0.318 e. The van der Waals surface area contributed by atoms with E-state index in [0.717, 1.165) is 43.7 Å². The molecule has 1 atom stereocenters. The molecule has 1 saturated heterocycles. The van der Waals surface area contributed by atoms with Crippen LogP contribution in [0.4, 0.5) is 9.18 Å². The van der Waals surface area contributed by atoms with E-state index in [-0.39, 0.29) is 23.3 Å². The fourth-order valence-corrected chi connectivity index (χ4v) is 4.40. The molecule has 2 aliphatic rings. The molecule has 1 aliphatic heterocycles. The minimum absolute atomic E-state index is 0.102. The number of hydrogen-bond acceptors (Lipinski definition) is 4. The first-order chi connectivity index (χ1) is 15.4. The van der Waals surface area contributed by atoms with E-state index in [9.17, 15) is 9.18 Å². The Balaban J connectivity index is 1.42. The van der Waals surface area contributed by atoms with Crippen LogP contribution in [0.3, 0.4) is 0 Å². The molecule has 2 amide bonds. The van der Waals surface area contributed by atoms with E-state index >= 15 is 0 Å². The number of ether oxygens (including phenoxy) is 1. The molecule has 7 heteroatoms. The van der Waals surface area contributed by atoms with Crippen molar-refractivity contribution in [1.29, 1.82) is 0 Å². The number of carbonyl (C=O) groups excluding carboxylic acids is 1. The second-order valence-corrected chi connectivity index (χ2v) is 9.45. The Hall–Kier alpha value is -2.67. The molecule has 4 rings (SSSR count). The minimum Gasteiger partial charge on any atom is -0.493 e. The number of hydrogen-bond donors (Lipinski definition) is 2. The van der Waals surface area contributed by atoms with Gasteiger partial charge in [0.1, 0.15) is 11.6 Å². The molecule has 1 spiro atoms. The van der Waals surface area contributed by atoms with Crippen LogP contribution in [0.2, 0.25) is 0 Å². The van der Waals surface area contributed by atoms with Crippen molar-refractivity contribution in [3.63, 3.8) is 0 Å². The van der Waals surface area contributed by atoms with E-state index < -0.39 is 0 Å². The molecule has 32 heavy (non-hydrogen) atoms. The molecule has 2 heterocycles. The van der Waals surface area contributed by atoms with Crippen molar-refractivity contribution in [3.05, 3.63) is 59.7 Å². The highest BCUT2D eigenvalue weighted by molar-refractivity contribution is 5.74. The van der Waals surface area contributed by atoms with Gasteiger partial charge in [0.2, 0.25) is 0 Å². The predicted octanol–water partition coefficient (Wildman–Crippen LogP) is 4.11. The number of aromatic nitrogens is 1. The van der Waals surface area contributed by atoms with Gasteiger partial charge in [0.25, 0.3) is 0 Å². The highest BCUT2D eigenvalue weighted by Crippen LogP contribution is 2.52. The average molecular weight is 441 g/mol. The number of urea groups is 1. The molecule has 0 bridgehead atoms. The lowest BCUT2D eigenvalue weighted by molar-refractivity contribution is 0.109. The van der Waals surface area contributed by atoms with Crippen molar-refractivity contribution in [3.8, 4) is 5.75 Å². The zero-order valence-electron chi connectivity index (χ0n) is 18.9. The number of carbonyl (C=O) groups is 1. The van der Waals surface area contributed by atoms with Crippen molar-refractivity contribution in [2.45, 2.75) is 52.2 Å². The molecule has 1 unspecified atom stereocenters. The molecule has 2 aromatic rings. The second-order valence-electron chi connectivity index (χ2n) is 9.45. The number of pyridine rings is 1. The van der Waals surface area contributed by atoms with Gasteiger partial charge in [-0.25, -0.2) is 9.18 Å². The number of piperidine rings is 1. The van der Waals surface area contributed by atoms with Crippen LogP contribution >= 0.6 is 0 Å². The number of nitrogens with zero attached hydrogens (tertiary/aromatic N) is 2. The van der Waals surface area contributed by atoms with E-state index in [1.54, 1.807) is 6.07 Å². The summed E-state index contributed by atoms with van der Waals surface area (Å²) in [6, 6.07) is 11.0. The molecule has 1 aromatic carbocycles. The van der Waals surface area contributed by atoms with Crippen LogP contribution in [0.25, 0.3) is 0 Å². The Labute approximate surface area is 189 Å². The zero-order valence-corrected chi connectivity index (χ0v) is 18.9. The molecule has 2 fully saturated rings. The molecule has 1 aromatic heterocycles. The normalized spacial score (nSPS) is 19.1. The van der Waals surface area contributed by atoms with Gasteiger partial charge in [0.05, 0.1) is 25.0 Å².